The number of nitriles is 1. The number of alkyl halides is 3. The van der Waals surface area contributed by atoms with Gasteiger partial charge in [0.05, 0.1) is 24.4 Å². The van der Waals surface area contributed by atoms with Crippen molar-refractivity contribution in [2.75, 3.05) is 19.1 Å². The van der Waals surface area contributed by atoms with E-state index >= 15 is 0 Å². The van der Waals surface area contributed by atoms with Crippen LogP contribution in [0.25, 0.3) is 0 Å². The number of hydrogen-bond donors (Lipinski definition) is 0. The summed E-state index contributed by atoms with van der Waals surface area (Å²) in [5.41, 5.74) is 0.332. The SMILES string of the molecule is COc1ccccc1N(C)C(=O)c1ccccc1.N#Cc1ccnc(C(F)(F)F)c1. The van der Waals surface area contributed by atoms with Gasteiger partial charge in [-0.25, -0.2) is 0 Å². The molecule has 1 amide bonds. The Hall–Kier alpha value is -3.86. The number of carbonyl (C=O) groups excluding carboxylic acids is 1. The third-order valence-electron chi connectivity index (χ3n) is 3.95. The van der Waals surface area contributed by atoms with Crippen molar-refractivity contribution in [3.63, 3.8) is 0 Å². The zero-order chi connectivity index (χ0) is 22.1. The molecule has 154 valence electrons. The molecule has 1 aromatic heterocycles. The molecule has 1 heterocycles. The number of benzene rings is 2. The Balaban J connectivity index is 0.000000232. The van der Waals surface area contributed by atoms with E-state index in [0.29, 0.717) is 17.4 Å². The second-order valence-electron chi connectivity index (χ2n) is 5.94. The Morgan fingerprint density at radius 3 is 2.30 bits per heavy atom. The Labute approximate surface area is 172 Å². The van der Waals surface area contributed by atoms with E-state index in [-0.39, 0.29) is 11.5 Å². The molecule has 0 aliphatic rings. The van der Waals surface area contributed by atoms with E-state index in [0.717, 1.165) is 11.9 Å². The minimum absolute atomic E-state index is 0.0441. The van der Waals surface area contributed by atoms with Crippen LogP contribution < -0.4 is 9.64 Å². The van der Waals surface area contributed by atoms with Gasteiger partial charge in [0.1, 0.15) is 11.4 Å². The highest BCUT2D eigenvalue weighted by Gasteiger charge is 2.32. The number of aromatic nitrogens is 1. The number of anilines is 1. The average Bonchev–Trinajstić information content (AvgIpc) is 2.78. The molecule has 8 heteroatoms. The fourth-order valence-corrected chi connectivity index (χ4v) is 2.45. The second-order valence-corrected chi connectivity index (χ2v) is 5.94. The van der Waals surface area contributed by atoms with Crippen LogP contribution in [-0.2, 0) is 6.18 Å². The molecule has 0 radical (unpaired) electrons. The molecule has 3 rings (SSSR count). The minimum Gasteiger partial charge on any atom is -0.495 e. The van der Waals surface area contributed by atoms with Gasteiger partial charge in [-0.15, -0.1) is 0 Å². The maximum Gasteiger partial charge on any atom is 0.433 e. The first-order valence-corrected chi connectivity index (χ1v) is 8.67. The third kappa shape index (κ3) is 5.82. The van der Waals surface area contributed by atoms with Gasteiger partial charge in [-0.3, -0.25) is 9.78 Å². The molecule has 0 bridgehead atoms. The lowest BCUT2D eigenvalue weighted by Gasteiger charge is -2.19. The summed E-state index contributed by atoms with van der Waals surface area (Å²) in [4.78, 5) is 17.0. The molecular formula is C22H18F3N3O2. The van der Waals surface area contributed by atoms with Gasteiger partial charge < -0.3 is 9.64 Å². The van der Waals surface area contributed by atoms with Crippen molar-refractivity contribution >= 4 is 11.6 Å². The van der Waals surface area contributed by atoms with E-state index in [2.05, 4.69) is 4.98 Å². The zero-order valence-electron chi connectivity index (χ0n) is 16.2. The van der Waals surface area contributed by atoms with Crippen LogP contribution in [0.1, 0.15) is 21.6 Å². The summed E-state index contributed by atoms with van der Waals surface area (Å²) >= 11 is 0. The van der Waals surface area contributed by atoms with Crippen LogP contribution in [0.3, 0.4) is 0 Å². The Morgan fingerprint density at radius 2 is 1.70 bits per heavy atom. The number of carbonyl (C=O) groups is 1. The second kappa shape index (κ2) is 10.1. The van der Waals surface area contributed by atoms with E-state index in [1.54, 1.807) is 37.3 Å². The predicted molar refractivity (Wildman–Crippen MR) is 106 cm³/mol. The van der Waals surface area contributed by atoms with Gasteiger partial charge in [0.25, 0.3) is 5.91 Å². The average molecular weight is 413 g/mol. The van der Waals surface area contributed by atoms with Crippen LogP contribution in [0.2, 0.25) is 0 Å². The summed E-state index contributed by atoms with van der Waals surface area (Å²) in [7, 11) is 3.34. The van der Waals surface area contributed by atoms with Crippen molar-refractivity contribution in [1.29, 1.82) is 5.26 Å². The van der Waals surface area contributed by atoms with Crippen LogP contribution in [0.4, 0.5) is 18.9 Å². The van der Waals surface area contributed by atoms with Gasteiger partial charge in [0, 0.05) is 18.8 Å². The van der Waals surface area contributed by atoms with Gasteiger partial charge in [0.15, 0.2) is 0 Å². The topological polar surface area (TPSA) is 66.2 Å². The lowest BCUT2D eigenvalue weighted by molar-refractivity contribution is -0.141. The standard InChI is InChI=1S/C15H15NO2.C7H3F3N2/c1-16(13-10-6-7-11-14(13)18-2)15(17)12-8-4-3-5-9-12;8-7(9,10)6-3-5(4-11)1-2-12-6/h3-11H,1-2H3;1-3H. The van der Waals surface area contributed by atoms with Crippen molar-refractivity contribution in [1.82, 2.24) is 4.98 Å². The zero-order valence-corrected chi connectivity index (χ0v) is 16.2. The van der Waals surface area contributed by atoms with E-state index in [1.807, 2.05) is 42.5 Å². The van der Waals surface area contributed by atoms with Crippen molar-refractivity contribution in [3.05, 3.63) is 89.7 Å². The molecule has 0 saturated carbocycles. The molecule has 2 aromatic carbocycles. The van der Waals surface area contributed by atoms with Crippen molar-refractivity contribution < 1.29 is 22.7 Å². The summed E-state index contributed by atoms with van der Waals surface area (Å²) in [6.45, 7) is 0. The number of para-hydroxylation sites is 2. The molecule has 0 aliphatic heterocycles. The molecule has 0 unspecified atom stereocenters. The number of rotatable bonds is 3. The summed E-state index contributed by atoms with van der Waals surface area (Å²) in [6.07, 6.45) is -3.52. The van der Waals surface area contributed by atoms with E-state index in [1.165, 1.54) is 6.07 Å². The van der Waals surface area contributed by atoms with Gasteiger partial charge in [-0.05, 0) is 36.4 Å². The lowest BCUT2D eigenvalue weighted by Crippen LogP contribution is -2.26. The van der Waals surface area contributed by atoms with Gasteiger partial charge in [0.2, 0.25) is 0 Å². The minimum atomic E-state index is -4.48. The highest BCUT2D eigenvalue weighted by Crippen LogP contribution is 2.28. The van der Waals surface area contributed by atoms with Crippen LogP contribution >= 0.6 is 0 Å². The van der Waals surface area contributed by atoms with Crippen molar-refractivity contribution in [2.24, 2.45) is 0 Å². The Kier molecular flexibility index (Phi) is 7.53. The van der Waals surface area contributed by atoms with Crippen LogP contribution in [-0.4, -0.2) is 25.0 Å². The predicted octanol–water partition coefficient (Wildman–Crippen LogP) is 4.94. The molecule has 0 atom stereocenters. The number of nitrogens with zero attached hydrogens (tertiary/aromatic N) is 3. The maximum atomic E-state index is 12.3. The van der Waals surface area contributed by atoms with E-state index in [4.69, 9.17) is 10.00 Å². The normalized spacial score (nSPS) is 10.3. The third-order valence-corrected chi connectivity index (χ3v) is 3.95. The molecule has 5 nitrogen and oxygen atoms in total. The summed E-state index contributed by atoms with van der Waals surface area (Å²) in [5, 5.41) is 8.28. The lowest BCUT2D eigenvalue weighted by atomic mass is 10.2. The van der Waals surface area contributed by atoms with Gasteiger partial charge in [-0.2, -0.15) is 18.4 Å². The highest BCUT2D eigenvalue weighted by molar-refractivity contribution is 6.06. The summed E-state index contributed by atoms with van der Waals surface area (Å²) in [6, 6.07) is 20.2. The number of halogens is 3. The summed E-state index contributed by atoms with van der Waals surface area (Å²) < 4.78 is 41.1. The quantitative estimate of drug-likeness (QED) is 0.610. The molecular weight excluding hydrogens is 395 g/mol. The molecule has 0 fully saturated rings. The molecule has 0 N–H and O–H groups in total. The molecule has 3 aromatic rings. The van der Waals surface area contributed by atoms with Gasteiger partial charge >= 0.3 is 6.18 Å². The first-order chi connectivity index (χ1) is 14.3. The van der Waals surface area contributed by atoms with Crippen LogP contribution in [0.5, 0.6) is 5.75 Å². The monoisotopic (exact) mass is 413 g/mol. The van der Waals surface area contributed by atoms with Gasteiger partial charge in [-0.1, -0.05) is 30.3 Å². The van der Waals surface area contributed by atoms with Crippen LogP contribution in [0, 0.1) is 11.3 Å². The van der Waals surface area contributed by atoms with E-state index in [9.17, 15) is 18.0 Å². The maximum absolute atomic E-state index is 12.3. The highest BCUT2D eigenvalue weighted by atomic mass is 19.4. The molecule has 0 aliphatic carbocycles. The molecule has 30 heavy (non-hydrogen) atoms. The Bertz CT molecular complexity index is 1030. The molecule has 0 spiro atoms. The fraction of sp³-hybridized carbons (Fsp3) is 0.136. The number of ether oxygens (including phenoxy) is 1. The van der Waals surface area contributed by atoms with Crippen LogP contribution in [0.15, 0.2) is 72.9 Å². The first kappa shape index (κ1) is 22.4. The number of amides is 1. The smallest absolute Gasteiger partial charge is 0.433 e. The largest absolute Gasteiger partial charge is 0.495 e. The van der Waals surface area contributed by atoms with E-state index < -0.39 is 11.9 Å². The number of pyridine rings is 1. The van der Waals surface area contributed by atoms with Crippen molar-refractivity contribution in [3.8, 4) is 11.8 Å². The molecule has 0 saturated heterocycles. The number of hydrogen-bond acceptors (Lipinski definition) is 4. The number of methoxy groups -OCH3 is 1. The first-order valence-electron chi connectivity index (χ1n) is 8.67. The fourth-order valence-electron chi connectivity index (χ4n) is 2.45. The Morgan fingerprint density at radius 1 is 1.07 bits per heavy atom. The van der Waals surface area contributed by atoms with Crippen molar-refractivity contribution in [2.45, 2.75) is 6.18 Å². The summed E-state index contributed by atoms with van der Waals surface area (Å²) in [5.74, 6) is 0.629.